The summed E-state index contributed by atoms with van der Waals surface area (Å²) in [6.07, 6.45) is 0. The molecule has 0 heterocycles. The fourth-order valence-electron chi connectivity index (χ4n) is 1.86. The molecule has 0 atom stereocenters. The number of aliphatic carboxylic acids is 1. The summed E-state index contributed by atoms with van der Waals surface area (Å²) in [5.74, 6) is -1.02. The highest BCUT2D eigenvalue weighted by Crippen LogP contribution is 2.17. The quantitative estimate of drug-likeness (QED) is 0.900. The van der Waals surface area contributed by atoms with Crippen LogP contribution in [0, 0.1) is 0 Å². The number of carbonyl (C=O) groups excluding carboxylic acids is 1. The predicted molar refractivity (Wildman–Crippen MR) is 85.1 cm³/mol. The molecule has 116 valence electrons. The summed E-state index contributed by atoms with van der Waals surface area (Å²) in [5, 5.41) is 8.98. The van der Waals surface area contributed by atoms with E-state index >= 15 is 0 Å². The summed E-state index contributed by atoms with van der Waals surface area (Å²) in [7, 11) is 1.67. The van der Waals surface area contributed by atoms with Crippen molar-refractivity contribution < 1.29 is 14.7 Å². The molecule has 0 saturated heterocycles. The van der Waals surface area contributed by atoms with E-state index in [2.05, 4.69) is 15.9 Å². The van der Waals surface area contributed by atoms with E-state index < -0.39 is 11.5 Å². The summed E-state index contributed by atoms with van der Waals surface area (Å²) in [6.45, 7) is 5.58. The lowest BCUT2D eigenvalue weighted by Gasteiger charge is -2.37. The minimum Gasteiger partial charge on any atom is -0.480 e. The third-order valence-electron chi connectivity index (χ3n) is 2.99. The molecule has 1 rings (SSSR count). The molecule has 21 heavy (non-hydrogen) atoms. The van der Waals surface area contributed by atoms with Gasteiger partial charge in [0, 0.05) is 23.6 Å². The zero-order valence-electron chi connectivity index (χ0n) is 12.8. The van der Waals surface area contributed by atoms with E-state index in [1.165, 1.54) is 9.80 Å². The van der Waals surface area contributed by atoms with Crippen molar-refractivity contribution in [2.24, 2.45) is 0 Å². The van der Waals surface area contributed by atoms with Gasteiger partial charge in [-0.2, -0.15) is 0 Å². The number of hydrogen-bond acceptors (Lipinski definition) is 2. The Hall–Kier alpha value is -1.56. The fourth-order valence-corrected chi connectivity index (χ4v) is 2.13. The molecule has 0 bridgehead atoms. The predicted octanol–water partition coefficient (Wildman–Crippen LogP) is 3.19. The number of nitrogens with zero attached hydrogens (tertiary/aromatic N) is 2. The third kappa shape index (κ3) is 5.38. The van der Waals surface area contributed by atoms with Gasteiger partial charge in [-0.15, -0.1) is 0 Å². The van der Waals surface area contributed by atoms with Gasteiger partial charge in [0.25, 0.3) is 0 Å². The van der Waals surface area contributed by atoms with Crippen molar-refractivity contribution in [1.29, 1.82) is 0 Å². The fraction of sp³-hybridized carbons (Fsp3) is 0.467. The van der Waals surface area contributed by atoms with Crippen LogP contribution in [0.15, 0.2) is 28.7 Å². The molecule has 5 nitrogen and oxygen atoms in total. The van der Waals surface area contributed by atoms with E-state index in [1.807, 2.05) is 45.0 Å². The molecular weight excluding hydrogens is 336 g/mol. The van der Waals surface area contributed by atoms with Crippen molar-refractivity contribution in [1.82, 2.24) is 9.80 Å². The minimum atomic E-state index is -1.02. The Bertz CT molecular complexity index is 509. The maximum Gasteiger partial charge on any atom is 0.323 e. The van der Waals surface area contributed by atoms with Gasteiger partial charge in [-0.25, -0.2) is 4.79 Å². The van der Waals surface area contributed by atoms with Gasteiger partial charge in [-0.05, 0) is 38.5 Å². The van der Waals surface area contributed by atoms with Crippen LogP contribution >= 0.6 is 15.9 Å². The van der Waals surface area contributed by atoms with Gasteiger partial charge in [0.15, 0.2) is 0 Å². The smallest absolute Gasteiger partial charge is 0.323 e. The molecule has 1 aromatic carbocycles. The summed E-state index contributed by atoms with van der Waals surface area (Å²) >= 11 is 3.36. The number of rotatable bonds is 4. The van der Waals surface area contributed by atoms with Crippen molar-refractivity contribution in [3.8, 4) is 0 Å². The lowest BCUT2D eigenvalue weighted by Crippen LogP contribution is -2.52. The first-order valence-corrected chi connectivity index (χ1v) is 7.39. The van der Waals surface area contributed by atoms with Crippen molar-refractivity contribution in [3.63, 3.8) is 0 Å². The van der Waals surface area contributed by atoms with Crippen LogP contribution in [0.2, 0.25) is 0 Å². The van der Waals surface area contributed by atoms with Crippen LogP contribution in [0.5, 0.6) is 0 Å². The first-order valence-electron chi connectivity index (χ1n) is 6.60. The zero-order valence-corrected chi connectivity index (χ0v) is 14.3. The number of carboxylic acid groups (broad SMARTS) is 1. The molecule has 1 aromatic rings. The molecule has 0 aliphatic carbocycles. The number of halogens is 1. The van der Waals surface area contributed by atoms with E-state index in [9.17, 15) is 9.59 Å². The second-order valence-corrected chi connectivity index (χ2v) is 6.83. The van der Waals surface area contributed by atoms with Gasteiger partial charge in [-0.3, -0.25) is 4.79 Å². The Morgan fingerprint density at radius 2 is 1.71 bits per heavy atom. The monoisotopic (exact) mass is 356 g/mol. The highest BCUT2D eigenvalue weighted by atomic mass is 79.9. The van der Waals surface area contributed by atoms with Crippen LogP contribution in [0.4, 0.5) is 4.79 Å². The lowest BCUT2D eigenvalue weighted by molar-refractivity contribution is -0.138. The normalized spacial score (nSPS) is 11.1. The Labute approximate surface area is 133 Å². The standard InChI is InChI=1S/C15H21BrN2O3/c1-15(2,3)18(10-13(19)20)14(21)17(4)9-11-5-7-12(16)8-6-11/h5-8H,9-10H2,1-4H3,(H,19,20). The average Bonchev–Trinajstić information content (AvgIpc) is 2.36. The van der Waals surface area contributed by atoms with E-state index in [0.29, 0.717) is 6.54 Å². The second kappa shape index (κ2) is 6.93. The van der Waals surface area contributed by atoms with Crippen molar-refractivity contribution in [2.45, 2.75) is 32.9 Å². The van der Waals surface area contributed by atoms with E-state index in [1.54, 1.807) is 7.05 Å². The number of amides is 2. The largest absolute Gasteiger partial charge is 0.480 e. The number of hydrogen-bond donors (Lipinski definition) is 1. The van der Waals surface area contributed by atoms with Gasteiger partial charge >= 0.3 is 12.0 Å². The van der Waals surface area contributed by atoms with Gasteiger partial charge in [0.1, 0.15) is 6.54 Å². The van der Waals surface area contributed by atoms with Crippen LogP contribution < -0.4 is 0 Å². The molecule has 0 spiro atoms. The van der Waals surface area contributed by atoms with Gasteiger partial charge in [0.2, 0.25) is 0 Å². The molecule has 0 unspecified atom stereocenters. The minimum absolute atomic E-state index is 0.298. The second-order valence-electron chi connectivity index (χ2n) is 5.92. The molecule has 0 fully saturated rings. The van der Waals surface area contributed by atoms with Gasteiger partial charge < -0.3 is 14.9 Å². The number of carbonyl (C=O) groups is 2. The van der Waals surface area contributed by atoms with Crippen LogP contribution in [0.25, 0.3) is 0 Å². The molecule has 6 heteroatoms. The van der Waals surface area contributed by atoms with Gasteiger partial charge in [0.05, 0.1) is 0 Å². The van der Waals surface area contributed by atoms with Crippen molar-refractivity contribution >= 4 is 27.9 Å². The molecular formula is C15H21BrN2O3. The molecule has 0 aromatic heterocycles. The Morgan fingerprint density at radius 1 is 1.19 bits per heavy atom. The first kappa shape index (κ1) is 17.5. The maximum atomic E-state index is 12.5. The van der Waals surface area contributed by atoms with E-state index in [0.717, 1.165) is 10.0 Å². The Morgan fingerprint density at radius 3 is 2.14 bits per heavy atom. The number of carboxylic acids is 1. The summed E-state index contributed by atoms with van der Waals surface area (Å²) in [5.41, 5.74) is 0.432. The van der Waals surface area contributed by atoms with Gasteiger partial charge in [-0.1, -0.05) is 28.1 Å². The summed E-state index contributed by atoms with van der Waals surface area (Å²) < 4.78 is 0.974. The Balaban J connectivity index is 2.82. The maximum absolute atomic E-state index is 12.5. The number of benzene rings is 1. The third-order valence-corrected chi connectivity index (χ3v) is 3.52. The van der Waals surface area contributed by atoms with Crippen LogP contribution in [-0.2, 0) is 11.3 Å². The van der Waals surface area contributed by atoms with Crippen LogP contribution in [-0.4, -0.2) is 46.0 Å². The van der Waals surface area contributed by atoms with Crippen molar-refractivity contribution in [3.05, 3.63) is 34.3 Å². The topological polar surface area (TPSA) is 60.9 Å². The lowest BCUT2D eigenvalue weighted by atomic mass is 10.1. The van der Waals surface area contributed by atoms with E-state index in [4.69, 9.17) is 5.11 Å². The SMILES string of the molecule is CN(Cc1ccc(Br)cc1)C(=O)N(CC(=O)O)C(C)(C)C. The number of urea groups is 1. The van der Waals surface area contributed by atoms with Crippen LogP contribution in [0.3, 0.4) is 0 Å². The average molecular weight is 357 g/mol. The molecule has 0 aliphatic heterocycles. The first-order chi connectivity index (χ1) is 9.61. The zero-order chi connectivity index (χ0) is 16.2. The molecule has 1 N–H and O–H groups in total. The van der Waals surface area contributed by atoms with Crippen molar-refractivity contribution in [2.75, 3.05) is 13.6 Å². The highest BCUT2D eigenvalue weighted by molar-refractivity contribution is 9.10. The molecule has 0 aliphatic rings. The Kier molecular flexibility index (Phi) is 5.78. The van der Waals surface area contributed by atoms with E-state index in [-0.39, 0.29) is 12.6 Å². The van der Waals surface area contributed by atoms with Crippen LogP contribution in [0.1, 0.15) is 26.3 Å². The summed E-state index contributed by atoms with van der Waals surface area (Å²) in [4.78, 5) is 26.3. The molecule has 0 radical (unpaired) electrons. The molecule has 2 amide bonds. The molecule has 0 saturated carbocycles. The summed E-state index contributed by atoms with van der Waals surface area (Å²) in [6, 6.07) is 7.37. The highest BCUT2D eigenvalue weighted by Gasteiger charge is 2.30.